The fourth-order valence-corrected chi connectivity index (χ4v) is 2.88. The zero-order valence-corrected chi connectivity index (χ0v) is 15.4. The second kappa shape index (κ2) is 9.92. The number of aromatic hydroxyl groups is 1. The predicted molar refractivity (Wildman–Crippen MR) is 91.9 cm³/mol. The topological polar surface area (TPSA) is 107 Å². The van der Waals surface area contributed by atoms with Crippen LogP contribution in [0.4, 0.5) is 17.6 Å². The molecular formula is C17H20ClF4NO5. The van der Waals surface area contributed by atoms with Gasteiger partial charge in [0.1, 0.15) is 11.4 Å². The van der Waals surface area contributed by atoms with Gasteiger partial charge in [-0.2, -0.15) is 13.2 Å². The number of alkyl halides is 4. The molecule has 28 heavy (non-hydrogen) atoms. The molecule has 158 valence electrons. The average molecular weight is 430 g/mol. The van der Waals surface area contributed by atoms with E-state index in [4.69, 9.17) is 26.6 Å². The molecule has 0 saturated heterocycles. The lowest BCUT2D eigenvalue weighted by Crippen LogP contribution is -2.40. The summed E-state index contributed by atoms with van der Waals surface area (Å²) in [6.45, 7) is 0.464. The van der Waals surface area contributed by atoms with Gasteiger partial charge in [-0.1, -0.05) is 23.7 Å². The van der Waals surface area contributed by atoms with Crippen molar-refractivity contribution in [2.75, 3.05) is 6.54 Å². The third-order valence-corrected chi connectivity index (χ3v) is 4.61. The number of phenols is 1. The van der Waals surface area contributed by atoms with E-state index < -0.39 is 29.7 Å². The smallest absolute Gasteiger partial charge is 0.490 e. The second-order valence-corrected chi connectivity index (χ2v) is 6.82. The number of rotatable bonds is 5. The van der Waals surface area contributed by atoms with Crippen LogP contribution in [0.15, 0.2) is 18.2 Å². The number of carboxylic acids is 2. The molecule has 1 aromatic carbocycles. The van der Waals surface area contributed by atoms with Gasteiger partial charge in [-0.05, 0) is 31.7 Å². The molecule has 0 bridgehead atoms. The van der Waals surface area contributed by atoms with E-state index >= 15 is 0 Å². The Balaban J connectivity index is 0.000000480. The van der Waals surface area contributed by atoms with Crippen LogP contribution in [0.25, 0.3) is 0 Å². The van der Waals surface area contributed by atoms with Gasteiger partial charge in [0.25, 0.3) is 0 Å². The average Bonchev–Trinajstić information content (AvgIpc) is 2.58. The Kier molecular flexibility index (Phi) is 8.49. The summed E-state index contributed by atoms with van der Waals surface area (Å²) in [5.41, 5.74) is -0.759. The highest BCUT2D eigenvalue weighted by atomic mass is 35.5. The van der Waals surface area contributed by atoms with Crippen molar-refractivity contribution in [3.63, 3.8) is 0 Å². The summed E-state index contributed by atoms with van der Waals surface area (Å²) in [5.74, 6) is -4.01. The van der Waals surface area contributed by atoms with Crippen molar-refractivity contribution >= 4 is 23.5 Å². The van der Waals surface area contributed by atoms with E-state index in [2.05, 4.69) is 5.32 Å². The molecule has 0 spiro atoms. The maximum atomic E-state index is 14.5. The maximum absolute atomic E-state index is 14.5. The van der Waals surface area contributed by atoms with Crippen LogP contribution < -0.4 is 5.32 Å². The van der Waals surface area contributed by atoms with Crippen molar-refractivity contribution in [3.05, 3.63) is 28.8 Å². The number of hydrogen-bond acceptors (Lipinski definition) is 4. The first kappa shape index (κ1) is 24.0. The van der Waals surface area contributed by atoms with E-state index in [1.165, 1.54) is 0 Å². The van der Waals surface area contributed by atoms with E-state index in [0.29, 0.717) is 24.9 Å². The lowest BCUT2D eigenvalue weighted by Gasteiger charge is -2.32. The molecule has 6 nitrogen and oxygen atoms in total. The molecule has 1 saturated carbocycles. The van der Waals surface area contributed by atoms with Crippen molar-refractivity contribution < 1.29 is 42.5 Å². The van der Waals surface area contributed by atoms with E-state index in [1.54, 1.807) is 18.2 Å². The highest BCUT2D eigenvalue weighted by molar-refractivity contribution is 6.32. The van der Waals surface area contributed by atoms with Gasteiger partial charge in [-0.15, -0.1) is 0 Å². The Hall–Kier alpha value is -2.07. The molecule has 0 aliphatic heterocycles. The largest absolute Gasteiger partial charge is 0.506 e. The summed E-state index contributed by atoms with van der Waals surface area (Å²) in [6.07, 6.45) is -3.84. The number of aliphatic carboxylic acids is 2. The van der Waals surface area contributed by atoms with Gasteiger partial charge >= 0.3 is 18.1 Å². The van der Waals surface area contributed by atoms with Gasteiger partial charge in [0, 0.05) is 18.7 Å². The monoisotopic (exact) mass is 429 g/mol. The Morgan fingerprint density at radius 2 is 1.75 bits per heavy atom. The highest BCUT2D eigenvalue weighted by Crippen LogP contribution is 2.35. The minimum Gasteiger partial charge on any atom is -0.506 e. The van der Waals surface area contributed by atoms with Crippen molar-refractivity contribution in [2.45, 2.75) is 44.1 Å². The second-order valence-electron chi connectivity index (χ2n) is 6.42. The minimum atomic E-state index is -5.08. The van der Waals surface area contributed by atoms with Crippen LogP contribution >= 0.6 is 11.6 Å². The van der Waals surface area contributed by atoms with Crippen molar-refractivity contribution in [1.29, 1.82) is 0 Å². The molecule has 11 heteroatoms. The fourth-order valence-electron chi connectivity index (χ4n) is 2.68. The zero-order valence-electron chi connectivity index (χ0n) is 14.6. The third kappa shape index (κ3) is 7.51. The summed E-state index contributed by atoms with van der Waals surface area (Å²) in [7, 11) is 0. The maximum Gasteiger partial charge on any atom is 0.490 e. The van der Waals surface area contributed by atoms with Crippen molar-refractivity contribution in [1.82, 2.24) is 5.32 Å². The molecule has 1 aromatic rings. The van der Waals surface area contributed by atoms with Crippen LogP contribution in [-0.2, 0) is 16.1 Å². The predicted octanol–water partition coefficient (Wildman–Crippen LogP) is 3.75. The molecule has 1 aliphatic rings. The molecule has 0 unspecified atom stereocenters. The molecule has 0 radical (unpaired) electrons. The number of halogens is 5. The summed E-state index contributed by atoms with van der Waals surface area (Å²) in [5, 5.41) is 29.1. The molecule has 0 atom stereocenters. The fraction of sp³-hybridized carbons (Fsp3) is 0.529. The van der Waals surface area contributed by atoms with Gasteiger partial charge in [0.15, 0.2) is 0 Å². The van der Waals surface area contributed by atoms with Crippen molar-refractivity contribution in [2.24, 2.45) is 5.92 Å². The minimum absolute atomic E-state index is 0.00848. The summed E-state index contributed by atoms with van der Waals surface area (Å²) >= 11 is 5.81. The number of carboxylic acid groups (broad SMARTS) is 2. The number of phenolic OH excluding ortho intramolecular Hbond substituents is 1. The van der Waals surface area contributed by atoms with Crippen LogP contribution in [-0.4, -0.2) is 45.6 Å². The molecule has 0 aromatic heterocycles. The first-order valence-corrected chi connectivity index (χ1v) is 8.62. The van der Waals surface area contributed by atoms with E-state index in [0.717, 1.165) is 0 Å². The van der Waals surface area contributed by atoms with Crippen LogP contribution in [0.3, 0.4) is 0 Å². The van der Waals surface area contributed by atoms with Gasteiger partial charge in [0.2, 0.25) is 0 Å². The SMILES string of the molecule is O=C(O)C(F)(F)F.O=C(O)C1CCC(F)(CNCc2cccc(Cl)c2O)CC1. The Morgan fingerprint density at radius 1 is 1.21 bits per heavy atom. The molecule has 1 fully saturated rings. The van der Waals surface area contributed by atoms with Gasteiger partial charge < -0.3 is 20.6 Å². The number of carbonyl (C=O) groups is 2. The molecule has 2 rings (SSSR count). The number of para-hydroxylation sites is 1. The van der Waals surface area contributed by atoms with Crippen molar-refractivity contribution in [3.8, 4) is 5.75 Å². The van der Waals surface area contributed by atoms with Gasteiger partial charge in [-0.3, -0.25) is 4.79 Å². The quantitative estimate of drug-likeness (QED) is 0.531. The summed E-state index contributed by atoms with van der Waals surface area (Å²) in [6, 6.07) is 5.03. The Morgan fingerprint density at radius 3 is 2.21 bits per heavy atom. The molecule has 0 amide bonds. The standard InChI is InChI=1S/C15H19ClFNO3.C2HF3O2/c16-12-3-1-2-11(13(12)19)8-18-9-15(17)6-4-10(5-7-15)14(20)21;3-2(4,5)1(6)7/h1-3,10,18-19H,4-9H2,(H,20,21);(H,6,7). The van der Waals surface area contributed by atoms with Crippen LogP contribution in [0.5, 0.6) is 5.75 Å². The lowest BCUT2D eigenvalue weighted by molar-refractivity contribution is -0.192. The molecule has 0 heterocycles. The number of nitrogens with one attached hydrogen (secondary N) is 1. The summed E-state index contributed by atoms with van der Waals surface area (Å²) in [4.78, 5) is 19.8. The molecule has 4 N–H and O–H groups in total. The molecular weight excluding hydrogens is 410 g/mol. The Labute approximate surface area is 163 Å². The first-order valence-electron chi connectivity index (χ1n) is 8.24. The number of hydrogen-bond donors (Lipinski definition) is 4. The van der Waals surface area contributed by atoms with Gasteiger partial charge in [-0.25, -0.2) is 9.18 Å². The van der Waals surface area contributed by atoms with Crippen LogP contribution in [0.2, 0.25) is 5.02 Å². The normalized spacial score (nSPS) is 22.1. The highest BCUT2D eigenvalue weighted by Gasteiger charge is 2.38. The van der Waals surface area contributed by atoms with E-state index in [1.807, 2.05) is 0 Å². The van der Waals surface area contributed by atoms with Crippen LogP contribution in [0.1, 0.15) is 31.2 Å². The third-order valence-electron chi connectivity index (χ3n) is 4.30. The Bertz CT molecular complexity index is 691. The first-order chi connectivity index (χ1) is 12.9. The van der Waals surface area contributed by atoms with Gasteiger partial charge in [0.05, 0.1) is 10.9 Å². The van der Waals surface area contributed by atoms with E-state index in [-0.39, 0.29) is 30.2 Å². The summed E-state index contributed by atoms with van der Waals surface area (Å²) < 4.78 is 46.3. The number of benzene rings is 1. The molecule has 1 aliphatic carbocycles. The van der Waals surface area contributed by atoms with Crippen LogP contribution in [0, 0.1) is 5.92 Å². The zero-order chi connectivity index (χ0) is 21.5. The van der Waals surface area contributed by atoms with E-state index in [9.17, 15) is 27.5 Å². The lowest BCUT2D eigenvalue weighted by atomic mass is 9.80.